The van der Waals surface area contributed by atoms with Crippen molar-refractivity contribution in [1.29, 1.82) is 0 Å². The van der Waals surface area contributed by atoms with Gasteiger partial charge in [0.25, 0.3) is 0 Å². The summed E-state index contributed by atoms with van der Waals surface area (Å²) in [6.07, 6.45) is 20.0. The van der Waals surface area contributed by atoms with Crippen LogP contribution in [0, 0.1) is 57.2 Å². The first-order valence-corrected chi connectivity index (χ1v) is 22.6. The van der Waals surface area contributed by atoms with Gasteiger partial charge in [-0.1, -0.05) is 84.2 Å². The first kappa shape index (κ1) is 39.4. The molecule has 6 heteroatoms. The molecule has 6 fully saturated rings. The van der Waals surface area contributed by atoms with Crippen molar-refractivity contribution in [3.63, 3.8) is 0 Å². The Hall–Kier alpha value is -2.44. The molecule has 302 valence electrons. The van der Waals surface area contributed by atoms with Gasteiger partial charge >= 0.3 is 5.97 Å². The minimum Gasteiger partial charge on any atom is -0.478 e. The van der Waals surface area contributed by atoms with Gasteiger partial charge in [-0.25, -0.2) is 4.79 Å². The van der Waals surface area contributed by atoms with E-state index in [9.17, 15) is 14.7 Å². The zero-order valence-corrected chi connectivity index (χ0v) is 35.4. The van der Waals surface area contributed by atoms with E-state index < -0.39 is 5.97 Å². The number of carboxylic acids is 1. The Morgan fingerprint density at radius 2 is 1.53 bits per heavy atom. The molecule has 1 amide bonds. The molecule has 0 bridgehead atoms. The third-order valence-electron chi connectivity index (χ3n) is 18.6. The number of carbonyl (C=O) groups excluding carboxylic acids is 1. The fourth-order valence-electron chi connectivity index (χ4n) is 15.6. The second-order valence-corrected chi connectivity index (χ2v) is 21.2. The normalized spacial score (nSPS) is 40.3. The van der Waals surface area contributed by atoms with Crippen molar-refractivity contribution in [3.05, 3.63) is 53.6 Å². The Balaban J connectivity index is 0.975. The molecule has 7 aliphatic rings. The van der Waals surface area contributed by atoms with E-state index >= 15 is 0 Å². The summed E-state index contributed by atoms with van der Waals surface area (Å²) in [6.45, 7) is 26.0. The molecule has 8 rings (SSSR count). The summed E-state index contributed by atoms with van der Waals surface area (Å²) < 4.78 is 0. The highest BCUT2D eigenvalue weighted by Crippen LogP contribution is 2.76. The van der Waals surface area contributed by atoms with E-state index in [1.54, 1.807) is 12.1 Å². The maximum absolute atomic E-state index is 13.2. The maximum atomic E-state index is 13.2. The molecule has 55 heavy (non-hydrogen) atoms. The van der Waals surface area contributed by atoms with Crippen molar-refractivity contribution >= 4 is 17.4 Å². The van der Waals surface area contributed by atoms with Gasteiger partial charge in [-0.15, -0.1) is 0 Å². The number of carbonyl (C=O) groups is 2. The Morgan fingerprint density at radius 3 is 2.20 bits per heavy atom. The number of aromatic carboxylic acids is 1. The molecule has 0 radical (unpaired) electrons. The van der Waals surface area contributed by atoms with Crippen molar-refractivity contribution in [2.45, 2.75) is 137 Å². The van der Waals surface area contributed by atoms with E-state index in [0.29, 0.717) is 51.9 Å². The Bertz CT molecular complexity index is 1670. The lowest BCUT2D eigenvalue weighted by molar-refractivity contribution is -0.219. The summed E-state index contributed by atoms with van der Waals surface area (Å²) in [5, 5.41) is 13.9. The van der Waals surface area contributed by atoms with Gasteiger partial charge in [0.2, 0.25) is 5.91 Å². The summed E-state index contributed by atoms with van der Waals surface area (Å²) in [7, 11) is 0. The number of fused-ring (bicyclic) bond motifs is 7. The van der Waals surface area contributed by atoms with Crippen LogP contribution in [0.25, 0.3) is 5.57 Å². The highest BCUT2D eigenvalue weighted by Gasteiger charge is 2.70. The summed E-state index contributed by atoms with van der Waals surface area (Å²) in [5.74, 6) is 3.12. The van der Waals surface area contributed by atoms with Crippen LogP contribution in [0.2, 0.25) is 0 Å². The molecule has 0 unspecified atom stereocenters. The number of hydrogen-bond acceptors (Lipinski definition) is 4. The molecule has 1 aromatic rings. The molecule has 5 saturated carbocycles. The largest absolute Gasteiger partial charge is 0.478 e. The lowest BCUT2D eigenvalue weighted by atomic mass is 9.33. The van der Waals surface area contributed by atoms with E-state index in [1.165, 1.54) is 87.3 Å². The summed E-state index contributed by atoms with van der Waals surface area (Å²) in [6, 6.07) is 7.65. The number of piperazine rings is 1. The second kappa shape index (κ2) is 14.4. The van der Waals surface area contributed by atoms with Crippen LogP contribution in [0.5, 0.6) is 0 Å². The van der Waals surface area contributed by atoms with Crippen LogP contribution in [-0.4, -0.2) is 71.6 Å². The van der Waals surface area contributed by atoms with Crippen LogP contribution in [0.4, 0.5) is 0 Å². The molecule has 0 aromatic heterocycles. The first-order valence-electron chi connectivity index (χ1n) is 22.6. The molecule has 0 spiro atoms. The zero-order valence-electron chi connectivity index (χ0n) is 35.4. The average molecular weight is 752 g/mol. The Kier molecular flexibility index (Phi) is 10.3. The quantitative estimate of drug-likeness (QED) is 0.259. The standard InChI is InChI=1S/C49H73N3O3/c1-33(2)37-19-24-49(50-27-28-51-29-31-52(32-30-51)43(53)35-11-9-8-10-12-35)26-25-47(6)39(42(37)49)17-18-41-46(5)22-20-38(34-13-15-36(16-14-34)44(54)55)45(3,4)40(46)21-23-48(41,47)7/h13-16,20,35,37,39-42,50H,1,8-12,17-19,21-32H2,2-7H3,(H,54,55)/t37-,39+,40-,41+,42+,46-,47+,48+,49-/m0/s1. The van der Waals surface area contributed by atoms with Gasteiger partial charge in [0.05, 0.1) is 5.56 Å². The minimum absolute atomic E-state index is 0.0243. The summed E-state index contributed by atoms with van der Waals surface area (Å²) in [5.41, 5.74) is 5.45. The fourth-order valence-corrected chi connectivity index (χ4v) is 15.6. The second-order valence-electron chi connectivity index (χ2n) is 21.2. The van der Waals surface area contributed by atoms with Crippen LogP contribution in [-0.2, 0) is 4.79 Å². The molecule has 1 saturated heterocycles. The van der Waals surface area contributed by atoms with E-state index in [1.807, 2.05) is 12.1 Å². The highest BCUT2D eigenvalue weighted by molar-refractivity contribution is 5.88. The molecular weight excluding hydrogens is 679 g/mol. The topological polar surface area (TPSA) is 72.9 Å². The number of hydrogen-bond donors (Lipinski definition) is 2. The molecule has 1 aromatic carbocycles. The van der Waals surface area contributed by atoms with Gasteiger partial charge in [-0.05, 0) is 152 Å². The Labute approximate surface area is 333 Å². The van der Waals surface area contributed by atoms with E-state index in [-0.39, 0.29) is 22.3 Å². The van der Waals surface area contributed by atoms with Crippen LogP contribution >= 0.6 is 0 Å². The lowest BCUT2D eigenvalue weighted by Crippen LogP contribution is -2.68. The summed E-state index contributed by atoms with van der Waals surface area (Å²) in [4.78, 5) is 29.6. The monoisotopic (exact) mass is 752 g/mol. The fraction of sp³-hybridized carbons (Fsp3) is 0.755. The molecule has 6 aliphatic carbocycles. The van der Waals surface area contributed by atoms with E-state index in [4.69, 9.17) is 0 Å². The number of benzene rings is 1. The van der Waals surface area contributed by atoms with Crippen LogP contribution < -0.4 is 5.32 Å². The van der Waals surface area contributed by atoms with Crippen LogP contribution in [0.3, 0.4) is 0 Å². The average Bonchev–Trinajstić information content (AvgIpc) is 3.55. The van der Waals surface area contributed by atoms with Crippen LogP contribution in [0.1, 0.15) is 147 Å². The Morgan fingerprint density at radius 1 is 0.818 bits per heavy atom. The lowest BCUT2D eigenvalue weighted by Gasteiger charge is -2.72. The van der Waals surface area contributed by atoms with Gasteiger partial charge in [0.1, 0.15) is 0 Å². The van der Waals surface area contributed by atoms with Crippen molar-refractivity contribution in [3.8, 4) is 0 Å². The predicted octanol–water partition coefficient (Wildman–Crippen LogP) is 10.1. The third-order valence-corrected chi connectivity index (χ3v) is 18.6. The van der Waals surface area contributed by atoms with Crippen molar-refractivity contribution in [1.82, 2.24) is 15.1 Å². The molecule has 1 aliphatic heterocycles. The van der Waals surface area contributed by atoms with Gasteiger partial charge < -0.3 is 15.3 Å². The van der Waals surface area contributed by atoms with Crippen molar-refractivity contribution in [2.24, 2.45) is 57.2 Å². The molecule has 9 atom stereocenters. The van der Waals surface area contributed by atoms with E-state index in [2.05, 4.69) is 69.3 Å². The molecular formula is C49H73N3O3. The zero-order chi connectivity index (χ0) is 39.0. The number of allylic oxidation sites excluding steroid dienone is 3. The number of nitrogens with zero attached hydrogens (tertiary/aromatic N) is 2. The molecule has 1 heterocycles. The number of rotatable bonds is 8. The highest BCUT2D eigenvalue weighted by atomic mass is 16.4. The minimum atomic E-state index is -0.858. The van der Waals surface area contributed by atoms with Crippen molar-refractivity contribution in [2.75, 3.05) is 39.3 Å². The van der Waals surface area contributed by atoms with Gasteiger partial charge in [-0.2, -0.15) is 0 Å². The number of carboxylic acid groups (broad SMARTS) is 1. The number of amides is 1. The summed E-state index contributed by atoms with van der Waals surface area (Å²) >= 11 is 0. The van der Waals surface area contributed by atoms with Gasteiger partial charge in [0.15, 0.2) is 0 Å². The van der Waals surface area contributed by atoms with Crippen molar-refractivity contribution < 1.29 is 14.7 Å². The van der Waals surface area contributed by atoms with Crippen LogP contribution in [0.15, 0.2) is 42.5 Å². The molecule has 6 nitrogen and oxygen atoms in total. The van der Waals surface area contributed by atoms with E-state index in [0.717, 1.165) is 58.5 Å². The molecule has 2 N–H and O–H groups in total. The van der Waals surface area contributed by atoms with Gasteiger partial charge in [0, 0.05) is 50.7 Å². The maximum Gasteiger partial charge on any atom is 0.335 e. The predicted molar refractivity (Wildman–Crippen MR) is 224 cm³/mol. The first-order chi connectivity index (χ1) is 26.1. The number of nitrogens with one attached hydrogen (secondary N) is 1. The smallest absolute Gasteiger partial charge is 0.335 e. The third kappa shape index (κ3) is 6.32. The SMILES string of the molecule is C=C(C)[C@@H]1CC[C@]2(NCCN3CCN(C(=O)C4CCCCC4)CC3)CC[C@]3(C)[C@H](CC[C@@H]4[C@@]5(C)CC=C(c6ccc(C(=O)O)cc6)C(C)(C)[C@@H]5CC[C@]43C)[C@@H]12. The van der Waals surface area contributed by atoms with Gasteiger partial charge in [-0.3, -0.25) is 9.69 Å².